The van der Waals surface area contributed by atoms with Crippen LogP contribution in [-0.2, 0) is 19.2 Å². The van der Waals surface area contributed by atoms with Gasteiger partial charge in [-0.1, -0.05) is 55.0 Å². The van der Waals surface area contributed by atoms with E-state index in [0.717, 1.165) is 17.1 Å². The molecule has 0 saturated carbocycles. The average Bonchev–Trinajstić information content (AvgIpc) is 3.03. The summed E-state index contributed by atoms with van der Waals surface area (Å²) in [5.74, 6) is -2.18. The average molecular weight is 703 g/mol. The number of carbonyl (C=O) groups is 4. The number of aliphatic hydroxyl groups is 3. The van der Waals surface area contributed by atoms with Gasteiger partial charge in [-0.2, -0.15) is 0 Å². The van der Waals surface area contributed by atoms with Gasteiger partial charge in [0.2, 0.25) is 11.8 Å². The number of amides is 2. The minimum absolute atomic E-state index is 0.0249. The standard InChI is InChI=1S/C35H66N4O8S/c1-10-34(9,11-2)39-29(20-30(43)44)33(47)38-28(18-24(7)32(46)36-22-27(42)19-26(41)15-16-40)31(45)35(12-3,13-4)37-21-23(6)17-25(8)48-14-5/h23-24,26-29,37,39-42H,8,10-22H2,1-7,9H3,(H,36,46)(H,38,47)(H,43,44). The van der Waals surface area contributed by atoms with Gasteiger partial charge in [-0.3, -0.25) is 19.2 Å². The van der Waals surface area contributed by atoms with E-state index < -0.39 is 65.5 Å². The Hall–Kier alpha value is -2.03. The minimum atomic E-state index is -1.16. The Kier molecular flexibility index (Phi) is 22.4. The number of carbonyl (C=O) groups excluding carboxylic acids is 3. The fourth-order valence-corrected chi connectivity index (χ4v) is 6.45. The molecular weight excluding hydrogens is 636 g/mol. The molecule has 0 fully saturated rings. The highest BCUT2D eigenvalue weighted by atomic mass is 32.2. The number of aliphatic carboxylic acids is 1. The molecule has 0 aliphatic carbocycles. The van der Waals surface area contributed by atoms with Gasteiger partial charge < -0.3 is 41.7 Å². The molecule has 12 nitrogen and oxygen atoms in total. The van der Waals surface area contributed by atoms with Crippen molar-refractivity contribution >= 4 is 35.3 Å². The summed E-state index contributed by atoms with van der Waals surface area (Å²) in [4.78, 5) is 54.3. The highest BCUT2D eigenvalue weighted by Gasteiger charge is 2.42. The first-order valence-electron chi connectivity index (χ1n) is 17.6. The fraction of sp³-hybridized carbons (Fsp3) is 0.829. The molecule has 2 amide bonds. The summed E-state index contributed by atoms with van der Waals surface area (Å²) in [7, 11) is 0. The van der Waals surface area contributed by atoms with Crippen LogP contribution in [0, 0.1) is 11.8 Å². The SMILES string of the molecule is C=C(CC(C)CNC(CC)(CC)C(=O)C(CC(C)C(=O)NCC(O)CC(O)CCO)NC(=O)C(CC(=O)O)NC(C)(CC)CC)SCC. The Balaban J connectivity index is 6.29. The predicted molar refractivity (Wildman–Crippen MR) is 193 cm³/mol. The smallest absolute Gasteiger partial charge is 0.305 e. The maximum Gasteiger partial charge on any atom is 0.305 e. The van der Waals surface area contributed by atoms with E-state index in [2.05, 4.69) is 41.7 Å². The van der Waals surface area contributed by atoms with Crippen molar-refractivity contribution in [3.8, 4) is 0 Å². The molecule has 13 heteroatoms. The van der Waals surface area contributed by atoms with Crippen LogP contribution in [0.4, 0.5) is 0 Å². The molecule has 0 saturated heterocycles. The molecule has 0 rings (SSSR count). The van der Waals surface area contributed by atoms with Gasteiger partial charge in [0.25, 0.3) is 0 Å². The molecule has 0 bridgehead atoms. The lowest BCUT2D eigenvalue weighted by Gasteiger charge is -2.38. The maximum absolute atomic E-state index is 14.5. The van der Waals surface area contributed by atoms with Crippen LogP contribution in [0.3, 0.4) is 0 Å². The number of ketones is 1. The highest BCUT2D eigenvalue weighted by molar-refractivity contribution is 8.03. The van der Waals surface area contributed by atoms with Crippen molar-refractivity contribution in [1.29, 1.82) is 0 Å². The van der Waals surface area contributed by atoms with Gasteiger partial charge in [-0.25, -0.2) is 0 Å². The van der Waals surface area contributed by atoms with E-state index in [0.29, 0.717) is 32.2 Å². The molecule has 6 unspecified atom stereocenters. The molecule has 0 spiro atoms. The maximum atomic E-state index is 14.5. The third-order valence-electron chi connectivity index (χ3n) is 9.36. The summed E-state index contributed by atoms with van der Waals surface area (Å²) in [5, 5.41) is 50.9. The van der Waals surface area contributed by atoms with E-state index in [1.807, 2.05) is 34.6 Å². The summed E-state index contributed by atoms with van der Waals surface area (Å²) in [6, 6.07) is -2.23. The van der Waals surface area contributed by atoms with Crippen LogP contribution < -0.4 is 21.3 Å². The molecule has 0 heterocycles. The van der Waals surface area contributed by atoms with Crippen LogP contribution in [0.1, 0.15) is 113 Å². The molecule has 0 aromatic heterocycles. The van der Waals surface area contributed by atoms with Crippen molar-refractivity contribution in [3.05, 3.63) is 11.5 Å². The van der Waals surface area contributed by atoms with Gasteiger partial charge in [-0.15, -0.1) is 11.8 Å². The van der Waals surface area contributed by atoms with E-state index in [1.54, 1.807) is 18.7 Å². The second kappa shape index (κ2) is 23.4. The zero-order chi connectivity index (χ0) is 37.1. The Labute approximate surface area is 293 Å². The van der Waals surface area contributed by atoms with Gasteiger partial charge in [0.15, 0.2) is 5.78 Å². The summed E-state index contributed by atoms with van der Waals surface area (Å²) in [5.41, 5.74) is -1.53. The van der Waals surface area contributed by atoms with Crippen LogP contribution in [-0.4, -0.2) is 105 Å². The monoisotopic (exact) mass is 702 g/mol. The molecule has 280 valence electrons. The predicted octanol–water partition coefficient (Wildman–Crippen LogP) is 3.13. The zero-order valence-corrected chi connectivity index (χ0v) is 31.5. The zero-order valence-electron chi connectivity index (χ0n) is 30.7. The molecule has 48 heavy (non-hydrogen) atoms. The van der Waals surface area contributed by atoms with Gasteiger partial charge in [0, 0.05) is 31.0 Å². The van der Waals surface area contributed by atoms with Crippen molar-refractivity contribution in [2.75, 3.05) is 25.4 Å². The van der Waals surface area contributed by atoms with Crippen molar-refractivity contribution in [3.63, 3.8) is 0 Å². The number of thioether (sulfide) groups is 1. The molecule has 0 aromatic rings. The Morgan fingerprint density at radius 3 is 1.94 bits per heavy atom. The first-order chi connectivity index (χ1) is 22.5. The van der Waals surface area contributed by atoms with Crippen molar-refractivity contribution in [1.82, 2.24) is 21.3 Å². The van der Waals surface area contributed by atoms with Gasteiger partial charge >= 0.3 is 5.97 Å². The third kappa shape index (κ3) is 16.6. The topological polar surface area (TPSA) is 197 Å². The Morgan fingerprint density at radius 1 is 0.833 bits per heavy atom. The van der Waals surface area contributed by atoms with Gasteiger partial charge in [0.05, 0.1) is 36.3 Å². The lowest BCUT2D eigenvalue weighted by atomic mass is 9.81. The number of carboxylic acids is 1. The Morgan fingerprint density at radius 2 is 1.44 bits per heavy atom. The van der Waals surface area contributed by atoms with Crippen LogP contribution in [0.2, 0.25) is 0 Å². The lowest BCUT2D eigenvalue weighted by molar-refractivity contribution is -0.140. The van der Waals surface area contributed by atoms with E-state index in [9.17, 15) is 34.5 Å². The second-order valence-corrected chi connectivity index (χ2v) is 14.8. The quantitative estimate of drug-likeness (QED) is 0.0597. The van der Waals surface area contributed by atoms with E-state index >= 15 is 0 Å². The summed E-state index contributed by atoms with van der Waals surface area (Å²) in [6.07, 6.45) is 0.509. The van der Waals surface area contributed by atoms with Crippen LogP contribution in [0.5, 0.6) is 0 Å². The summed E-state index contributed by atoms with van der Waals surface area (Å²) < 4.78 is 0. The van der Waals surface area contributed by atoms with Crippen LogP contribution in [0.15, 0.2) is 11.5 Å². The molecule has 0 aromatic carbocycles. The Bertz CT molecular complexity index is 1010. The van der Waals surface area contributed by atoms with Crippen molar-refractivity contribution < 1.29 is 39.6 Å². The second-order valence-electron chi connectivity index (χ2n) is 13.4. The summed E-state index contributed by atoms with van der Waals surface area (Å²) in [6.45, 7) is 19.7. The first-order valence-corrected chi connectivity index (χ1v) is 18.6. The first kappa shape index (κ1) is 46.0. The number of rotatable bonds is 28. The van der Waals surface area contributed by atoms with Gasteiger partial charge in [-0.05, 0) is 75.0 Å². The number of hydrogen-bond acceptors (Lipinski definition) is 10. The van der Waals surface area contributed by atoms with Crippen molar-refractivity contribution in [2.45, 2.75) is 149 Å². The molecular formula is C35H66N4O8S. The third-order valence-corrected chi connectivity index (χ3v) is 10.2. The number of nitrogens with one attached hydrogen (secondary N) is 4. The number of carboxylic acid groups (broad SMARTS) is 1. The largest absolute Gasteiger partial charge is 0.481 e. The summed E-state index contributed by atoms with van der Waals surface area (Å²) >= 11 is 1.70. The fourth-order valence-electron chi connectivity index (χ4n) is 5.64. The van der Waals surface area contributed by atoms with E-state index in [-0.39, 0.29) is 44.1 Å². The molecule has 0 aliphatic rings. The van der Waals surface area contributed by atoms with Crippen LogP contribution in [0.25, 0.3) is 0 Å². The number of aliphatic hydroxyl groups excluding tert-OH is 3. The van der Waals surface area contributed by atoms with Crippen molar-refractivity contribution in [2.24, 2.45) is 11.8 Å². The van der Waals surface area contributed by atoms with Crippen LogP contribution >= 0.6 is 11.8 Å². The minimum Gasteiger partial charge on any atom is -0.481 e. The molecule has 0 aliphatic heterocycles. The van der Waals surface area contributed by atoms with Gasteiger partial charge in [0.1, 0.15) is 0 Å². The molecule has 8 N–H and O–H groups in total. The lowest BCUT2D eigenvalue weighted by Crippen LogP contribution is -2.62. The van der Waals surface area contributed by atoms with E-state index in [4.69, 9.17) is 5.11 Å². The number of hydrogen-bond donors (Lipinski definition) is 8. The number of Topliss-reactive ketones (excluding diaryl/α,β-unsaturated/α-hetero) is 1. The molecule has 0 radical (unpaired) electrons. The number of allylic oxidation sites excluding steroid dienone is 1. The highest BCUT2D eigenvalue weighted by Crippen LogP contribution is 2.25. The normalized spacial score (nSPS) is 15.9. The van der Waals surface area contributed by atoms with E-state index in [1.165, 1.54) is 0 Å². The molecule has 6 atom stereocenters.